The minimum absolute atomic E-state index is 0. The molecule has 1 aliphatic heterocycles. The van der Waals surface area contributed by atoms with Crippen LogP contribution in [0.1, 0.15) is 39.2 Å². The van der Waals surface area contributed by atoms with E-state index in [1.54, 1.807) is 7.05 Å². The van der Waals surface area contributed by atoms with Gasteiger partial charge in [0.2, 0.25) is 0 Å². The topological polar surface area (TPSA) is 56.7 Å². The zero-order valence-electron chi connectivity index (χ0n) is 17.2. The summed E-state index contributed by atoms with van der Waals surface area (Å²) in [5.74, 6) is 1.43. The Labute approximate surface area is 184 Å². The standard InChI is InChI=1S/C20H34N4OS.HI/c1-16-8-10-18(11-9-16)24-13-6-7-17(15-24)23-19(21-5)22-12-14-26(25)20(2,3)4;/h8-11,17H,6-7,12-15H2,1-5H3,(H2,21,22,23);1H. The second kappa shape index (κ2) is 11.2. The number of benzene rings is 1. The van der Waals surface area contributed by atoms with Gasteiger partial charge in [-0.25, -0.2) is 0 Å². The molecule has 0 saturated carbocycles. The van der Waals surface area contributed by atoms with Crippen molar-refractivity contribution < 1.29 is 4.21 Å². The smallest absolute Gasteiger partial charge is 0.191 e. The minimum Gasteiger partial charge on any atom is -0.369 e. The Bertz CT molecular complexity index is 628. The van der Waals surface area contributed by atoms with Crippen molar-refractivity contribution in [2.75, 3.05) is 37.3 Å². The first kappa shape index (κ1) is 24.2. The maximum absolute atomic E-state index is 12.2. The number of guanidine groups is 1. The molecule has 2 atom stereocenters. The van der Waals surface area contributed by atoms with Gasteiger partial charge in [-0.3, -0.25) is 9.20 Å². The van der Waals surface area contributed by atoms with Crippen molar-refractivity contribution in [1.29, 1.82) is 0 Å². The van der Waals surface area contributed by atoms with Gasteiger partial charge >= 0.3 is 0 Å². The van der Waals surface area contributed by atoms with Gasteiger partial charge < -0.3 is 15.5 Å². The van der Waals surface area contributed by atoms with Gasteiger partial charge in [0, 0.05) is 59.7 Å². The van der Waals surface area contributed by atoms with Gasteiger partial charge in [-0.1, -0.05) is 17.7 Å². The molecule has 2 rings (SSSR count). The van der Waals surface area contributed by atoms with Crippen molar-refractivity contribution in [1.82, 2.24) is 10.6 Å². The summed E-state index contributed by atoms with van der Waals surface area (Å²) in [6.45, 7) is 10.9. The number of anilines is 1. The summed E-state index contributed by atoms with van der Waals surface area (Å²) in [4.78, 5) is 6.76. The van der Waals surface area contributed by atoms with Crippen LogP contribution >= 0.6 is 24.0 Å². The Balaban J connectivity index is 0.00000364. The van der Waals surface area contributed by atoms with Gasteiger partial charge in [0.05, 0.1) is 0 Å². The maximum Gasteiger partial charge on any atom is 0.191 e. The van der Waals surface area contributed by atoms with Crippen LogP contribution in [-0.2, 0) is 10.8 Å². The number of nitrogens with one attached hydrogen (secondary N) is 2. The van der Waals surface area contributed by atoms with Crippen molar-refractivity contribution in [2.24, 2.45) is 4.99 Å². The number of nitrogens with zero attached hydrogens (tertiary/aromatic N) is 2. The molecule has 0 aromatic heterocycles. The molecular weight excluding hydrogens is 471 g/mol. The molecular formula is C20H35IN4OS. The van der Waals surface area contributed by atoms with Crippen LogP contribution in [0.4, 0.5) is 5.69 Å². The number of aryl methyl sites for hydroxylation is 1. The molecule has 0 amide bonds. The highest BCUT2D eigenvalue weighted by Gasteiger charge is 2.22. The van der Waals surface area contributed by atoms with E-state index in [2.05, 4.69) is 51.7 Å². The third kappa shape index (κ3) is 7.97. The third-order valence-corrected chi connectivity index (χ3v) is 6.59. The largest absolute Gasteiger partial charge is 0.369 e. The van der Waals surface area contributed by atoms with E-state index in [1.165, 1.54) is 11.3 Å². The highest BCUT2D eigenvalue weighted by Crippen LogP contribution is 2.20. The molecule has 0 aliphatic carbocycles. The molecule has 1 aromatic rings. The molecule has 2 unspecified atom stereocenters. The van der Waals surface area contributed by atoms with Crippen LogP contribution in [0.2, 0.25) is 0 Å². The number of piperidine rings is 1. The normalized spacial score (nSPS) is 19.2. The van der Waals surface area contributed by atoms with Crippen molar-refractivity contribution in [3.05, 3.63) is 29.8 Å². The van der Waals surface area contributed by atoms with E-state index in [0.29, 0.717) is 18.3 Å². The summed E-state index contributed by atoms with van der Waals surface area (Å²) in [6, 6.07) is 9.10. The lowest BCUT2D eigenvalue weighted by Gasteiger charge is -2.35. The van der Waals surface area contributed by atoms with E-state index in [1.807, 2.05) is 20.8 Å². The summed E-state index contributed by atoms with van der Waals surface area (Å²) in [7, 11) is 0.940. The van der Waals surface area contributed by atoms with Gasteiger partial charge in [-0.2, -0.15) is 0 Å². The molecule has 154 valence electrons. The van der Waals surface area contributed by atoms with E-state index in [-0.39, 0.29) is 28.7 Å². The fraction of sp³-hybridized carbons (Fsp3) is 0.650. The Morgan fingerprint density at radius 3 is 2.56 bits per heavy atom. The second-order valence-corrected chi connectivity index (χ2v) is 10.3. The van der Waals surface area contributed by atoms with Crippen LogP contribution in [0.25, 0.3) is 0 Å². The minimum atomic E-state index is -0.849. The quantitative estimate of drug-likeness (QED) is 0.366. The van der Waals surface area contributed by atoms with Crippen molar-refractivity contribution in [3.8, 4) is 0 Å². The number of rotatable bonds is 5. The molecule has 1 aliphatic rings. The number of halogens is 1. The summed E-state index contributed by atoms with van der Waals surface area (Å²) in [5.41, 5.74) is 2.57. The molecule has 0 spiro atoms. The SMILES string of the molecule is CN=C(NCCS(=O)C(C)(C)C)NC1CCCN(c2ccc(C)cc2)C1.I. The molecule has 1 fully saturated rings. The van der Waals surface area contributed by atoms with Gasteiger partial charge in [0.1, 0.15) is 0 Å². The van der Waals surface area contributed by atoms with Crippen LogP contribution < -0.4 is 15.5 Å². The lowest BCUT2D eigenvalue weighted by molar-refractivity contribution is 0.468. The van der Waals surface area contributed by atoms with E-state index >= 15 is 0 Å². The summed E-state index contributed by atoms with van der Waals surface area (Å²) in [5, 5.41) is 6.84. The first-order chi connectivity index (χ1) is 12.3. The number of hydrogen-bond acceptors (Lipinski definition) is 3. The van der Waals surface area contributed by atoms with Gasteiger partial charge in [-0.05, 0) is 52.7 Å². The van der Waals surface area contributed by atoms with Crippen LogP contribution in [0.5, 0.6) is 0 Å². The van der Waals surface area contributed by atoms with E-state index < -0.39 is 10.8 Å². The van der Waals surface area contributed by atoms with Gasteiger partial charge in [0.15, 0.2) is 5.96 Å². The Morgan fingerprint density at radius 1 is 1.30 bits per heavy atom. The summed E-state index contributed by atoms with van der Waals surface area (Å²) in [6.07, 6.45) is 2.30. The van der Waals surface area contributed by atoms with Crippen molar-refractivity contribution >= 4 is 46.4 Å². The highest BCUT2D eigenvalue weighted by molar-refractivity contribution is 14.0. The molecule has 0 bridgehead atoms. The lowest BCUT2D eigenvalue weighted by atomic mass is 10.0. The van der Waals surface area contributed by atoms with Crippen LogP contribution in [0.3, 0.4) is 0 Å². The Kier molecular flexibility index (Phi) is 10.1. The summed E-state index contributed by atoms with van der Waals surface area (Å²) < 4.78 is 12.0. The van der Waals surface area contributed by atoms with Crippen LogP contribution in [0, 0.1) is 6.92 Å². The average molecular weight is 506 g/mol. The number of aliphatic imine (C=N–C) groups is 1. The zero-order chi connectivity index (χ0) is 19.2. The fourth-order valence-electron chi connectivity index (χ4n) is 3.04. The zero-order valence-corrected chi connectivity index (χ0v) is 20.4. The van der Waals surface area contributed by atoms with Crippen molar-refractivity contribution in [3.63, 3.8) is 0 Å². The van der Waals surface area contributed by atoms with E-state index in [0.717, 1.165) is 31.9 Å². The van der Waals surface area contributed by atoms with E-state index in [4.69, 9.17) is 0 Å². The second-order valence-electron chi connectivity index (χ2n) is 7.93. The molecule has 1 saturated heterocycles. The third-order valence-electron chi connectivity index (χ3n) is 4.65. The highest BCUT2D eigenvalue weighted by atomic mass is 127. The molecule has 27 heavy (non-hydrogen) atoms. The summed E-state index contributed by atoms with van der Waals surface area (Å²) >= 11 is 0. The number of hydrogen-bond donors (Lipinski definition) is 2. The molecule has 1 heterocycles. The van der Waals surface area contributed by atoms with E-state index in [9.17, 15) is 4.21 Å². The average Bonchev–Trinajstić information content (AvgIpc) is 2.60. The van der Waals surface area contributed by atoms with Gasteiger partial charge in [0.25, 0.3) is 0 Å². The molecule has 1 aromatic carbocycles. The maximum atomic E-state index is 12.2. The predicted octanol–water partition coefficient (Wildman–Crippen LogP) is 3.29. The monoisotopic (exact) mass is 506 g/mol. The molecule has 7 heteroatoms. The first-order valence-electron chi connectivity index (χ1n) is 9.47. The Hall–Kier alpha value is -0.830. The Morgan fingerprint density at radius 2 is 1.96 bits per heavy atom. The fourth-order valence-corrected chi connectivity index (χ4v) is 3.94. The van der Waals surface area contributed by atoms with Crippen LogP contribution in [-0.4, -0.2) is 53.4 Å². The van der Waals surface area contributed by atoms with Crippen molar-refractivity contribution in [2.45, 2.75) is 51.3 Å². The first-order valence-corrected chi connectivity index (χ1v) is 10.8. The molecule has 5 nitrogen and oxygen atoms in total. The van der Waals surface area contributed by atoms with Crippen LogP contribution in [0.15, 0.2) is 29.3 Å². The van der Waals surface area contributed by atoms with Gasteiger partial charge in [-0.15, -0.1) is 24.0 Å². The predicted molar refractivity (Wildman–Crippen MR) is 129 cm³/mol. The molecule has 2 N–H and O–H groups in total. The molecule has 0 radical (unpaired) electrons. The lowest BCUT2D eigenvalue weighted by Crippen LogP contribution is -2.51.